The van der Waals surface area contributed by atoms with E-state index in [0.29, 0.717) is 12.1 Å². The zero-order chi connectivity index (χ0) is 16.4. The summed E-state index contributed by atoms with van der Waals surface area (Å²) in [5, 5.41) is 14.5. The summed E-state index contributed by atoms with van der Waals surface area (Å²) in [5.74, 6) is 0. The lowest BCUT2D eigenvalue weighted by molar-refractivity contribution is -0.177. The molecule has 1 saturated carbocycles. The van der Waals surface area contributed by atoms with Crippen molar-refractivity contribution in [3.05, 3.63) is 29.8 Å². The van der Waals surface area contributed by atoms with Crippen molar-refractivity contribution in [1.82, 2.24) is 5.32 Å². The summed E-state index contributed by atoms with van der Waals surface area (Å²) in [6.07, 6.45) is 1.17. The number of nitrogens with zero attached hydrogens (tertiary/aromatic N) is 1. The van der Waals surface area contributed by atoms with E-state index in [1.54, 1.807) is 19.2 Å². The molecule has 2 atom stereocenters. The van der Waals surface area contributed by atoms with E-state index < -0.39 is 0 Å². The third-order valence-corrected chi connectivity index (χ3v) is 5.08. The fraction of sp³-hybridized carbons (Fsp3) is 0.529. The number of anilines is 1. The molecule has 118 valence electrons. The van der Waals surface area contributed by atoms with E-state index in [4.69, 9.17) is 10.00 Å². The Hall–Kier alpha value is -2.06. The van der Waals surface area contributed by atoms with Gasteiger partial charge in [-0.15, -0.1) is 0 Å². The lowest BCUT2D eigenvalue weighted by atomic mass is 9.56. The minimum Gasteiger partial charge on any atom is -0.378 e. The second-order valence-corrected chi connectivity index (χ2v) is 6.54. The summed E-state index contributed by atoms with van der Waals surface area (Å²) in [6, 6.07) is 9.25. The van der Waals surface area contributed by atoms with Crippen LogP contribution >= 0.6 is 0 Å². The summed E-state index contributed by atoms with van der Waals surface area (Å²) in [7, 11) is 1.71. The van der Waals surface area contributed by atoms with Crippen LogP contribution < -0.4 is 10.6 Å². The number of carbonyl (C=O) groups excluding carboxylic acids is 1. The van der Waals surface area contributed by atoms with Gasteiger partial charge in [0.15, 0.2) is 0 Å². The van der Waals surface area contributed by atoms with Crippen LogP contribution in [0.25, 0.3) is 0 Å². The molecule has 2 amide bonds. The van der Waals surface area contributed by atoms with Crippen molar-refractivity contribution in [3.8, 4) is 6.07 Å². The zero-order valence-corrected chi connectivity index (χ0v) is 13.6. The number of nitriles is 1. The van der Waals surface area contributed by atoms with Crippen LogP contribution in [0.1, 0.15) is 32.8 Å². The molecule has 0 aromatic heterocycles. The molecular weight excluding hydrogens is 278 g/mol. The van der Waals surface area contributed by atoms with E-state index in [1.807, 2.05) is 12.1 Å². The van der Waals surface area contributed by atoms with Gasteiger partial charge >= 0.3 is 6.03 Å². The van der Waals surface area contributed by atoms with Crippen molar-refractivity contribution in [2.24, 2.45) is 5.41 Å². The average molecular weight is 301 g/mol. The van der Waals surface area contributed by atoms with Gasteiger partial charge in [0.05, 0.1) is 18.1 Å². The molecule has 5 heteroatoms. The van der Waals surface area contributed by atoms with Gasteiger partial charge in [0, 0.05) is 24.3 Å². The summed E-state index contributed by atoms with van der Waals surface area (Å²) in [4.78, 5) is 12.1. The first-order chi connectivity index (χ1) is 10.3. The Morgan fingerprint density at radius 3 is 2.50 bits per heavy atom. The number of hydrogen-bond donors (Lipinski definition) is 2. The molecule has 0 saturated heterocycles. The fourth-order valence-electron chi connectivity index (χ4n) is 2.85. The van der Waals surface area contributed by atoms with Gasteiger partial charge in [-0.2, -0.15) is 5.26 Å². The molecule has 2 rings (SSSR count). The first kappa shape index (κ1) is 16.3. The fourth-order valence-corrected chi connectivity index (χ4v) is 2.85. The van der Waals surface area contributed by atoms with Gasteiger partial charge in [0.25, 0.3) is 0 Å². The van der Waals surface area contributed by atoms with E-state index in [9.17, 15) is 4.79 Å². The summed E-state index contributed by atoms with van der Waals surface area (Å²) < 4.78 is 5.56. The van der Waals surface area contributed by atoms with Gasteiger partial charge in [-0.05, 0) is 31.0 Å². The van der Waals surface area contributed by atoms with Gasteiger partial charge in [-0.25, -0.2) is 4.79 Å². The SMILES string of the molecule is CO[C@]1(C)C[C@@H](NC(=O)Nc2ccc(CC#N)cc2)C1(C)C. The molecule has 22 heavy (non-hydrogen) atoms. The first-order valence-electron chi connectivity index (χ1n) is 7.41. The Kier molecular flexibility index (Phi) is 4.43. The maximum Gasteiger partial charge on any atom is 0.319 e. The quantitative estimate of drug-likeness (QED) is 0.897. The second-order valence-electron chi connectivity index (χ2n) is 6.54. The van der Waals surface area contributed by atoms with Crippen molar-refractivity contribution >= 4 is 11.7 Å². The number of benzene rings is 1. The Labute approximate surface area is 131 Å². The summed E-state index contributed by atoms with van der Waals surface area (Å²) >= 11 is 0. The van der Waals surface area contributed by atoms with Crippen LogP contribution in [0.4, 0.5) is 10.5 Å². The first-order valence-corrected chi connectivity index (χ1v) is 7.41. The smallest absolute Gasteiger partial charge is 0.319 e. The largest absolute Gasteiger partial charge is 0.378 e. The van der Waals surface area contributed by atoms with Crippen molar-refractivity contribution in [2.45, 2.75) is 45.3 Å². The molecule has 0 heterocycles. The van der Waals surface area contributed by atoms with Crippen LogP contribution in [0, 0.1) is 16.7 Å². The molecule has 1 aliphatic rings. The van der Waals surface area contributed by atoms with Gasteiger partial charge in [-0.1, -0.05) is 26.0 Å². The second kappa shape index (κ2) is 5.98. The number of nitrogens with one attached hydrogen (secondary N) is 2. The molecule has 2 N–H and O–H groups in total. The molecule has 0 aliphatic heterocycles. The number of rotatable bonds is 4. The van der Waals surface area contributed by atoms with E-state index >= 15 is 0 Å². The number of methoxy groups -OCH3 is 1. The highest BCUT2D eigenvalue weighted by Gasteiger charge is 2.58. The van der Waals surface area contributed by atoms with E-state index in [2.05, 4.69) is 37.5 Å². The molecule has 1 aromatic rings. The Balaban J connectivity index is 1.90. The Morgan fingerprint density at radius 1 is 1.36 bits per heavy atom. The summed E-state index contributed by atoms with van der Waals surface area (Å²) in [6.45, 7) is 6.26. The Morgan fingerprint density at radius 2 is 2.00 bits per heavy atom. The van der Waals surface area contributed by atoms with Crippen molar-refractivity contribution in [1.29, 1.82) is 5.26 Å². The molecule has 1 aromatic carbocycles. The minimum absolute atomic E-state index is 0.0790. The third kappa shape index (κ3) is 2.93. The van der Waals surface area contributed by atoms with Crippen LogP contribution in [0.5, 0.6) is 0 Å². The van der Waals surface area contributed by atoms with E-state index in [1.165, 1.54) is 0 Å². The number of amides is 2. The number of carbonyl (C=O) groups is 1. The highest BCUT2D eigenvalue weighted by atomic mass is 16.5. The molecule has 5 nitrogen and oxygen atoms in total. The van der Waals surface area contributed by atoms with Gasteiger partial charge < -0.3 is 15.4 Å². The molecular formula is C17H23N3O2. The Bertz CT molecular complexity index is 589. The lowest BCUT2D eigenvalue weighted by Crippen LogP contribution is -2.68. The number of ether oxygens (including phenoxy) is 1. The maximum atomic E-state index is 12.1. The zero-order valence-electron chi connectivity index (χ0n) is 13.6. The highest BCUT2D eigenvalue weighted by Crippen LogP contribution is 2.51. The topological polar surface area (TPSA) is 74.2 Å². The normalized spacial score (nSPS) is 25.7. The molecule has 0 bridgehead atoms. The lowest BCUT2D eigenvalue weighted by Gasteiger charge is -2.59. The molecule has 1 fully saturated rings. The minimum atomic E-state index is -0.218. The number of hydrogen-bond acceptors (Lipinski definition) is 3. The van der Waals surface area contributed by atoms with Crippen LogP contribution in [0.2, 0.25) is 0 Å². The van der Waals surface area contributed by atoms with Crippen LogP contribution in [-0.2, 0) is 11.2 Å². The molecule has 0 spiro atoms. The summed E-state index contributed by atoms with van der Waals surface area (Å²) in [5.41, 5.74) is 1.33. The number of urea groups is 1. The third-order valence-electron chi connectivity index (χ3n) is 5.08. The van der Waals surface area contributed by atoms with Gasteiger partial charge in [0.2, 0.25) is 0 Å². The van der Waals surface area contributed by atoms with Crippen molar-refractivity contribution in [3.63, 3.8) is 0 Å². The standard InChI is InChI=1S/C17H23N3O2/c1-16(2)14(11-17(16,3)22-4)20-15(21)19-13-7-5-12(6-8-13)9-10-18/h5-8,14H,9,11H2,1-4H3,(H2,19,20,21)/t14-,17-/m1/s1. The maximum absolute atomic E-state index is 12.1. The monoisotopic (exact) mass is 301 g/mol. The highest BCUT2D eigenvalue weighted by molar-refractivity contribution is 5.89. The van der Waals surface area contributed by atoms with Crippen LogP contribution in [0.3, 0.4) is 0 Å². The predicted octanol–water partition coefficient (Wildman–Crippen LogP) is 3.08. The molecule has 0 unspecified atom stereocenters. The van der Waals surface area contributed by atoms with Crippen molar-refractivity contribution in [2.75, 3.05) is 12.4 Å². The average Bonchev–Trinajstić information content (AvgIpc) is 2.48. The molecule has 1 aliphatic carbocycles. The van der Waals surface area contributed by atoms with Crippen molar-refractivity contribution < 1.29 is 9.53 Å². The molecule has 0 radical (unpaired) electrons. The van der Waals surface area contributed by atoms with Crippen LogP contribution in [-0.4, -0.2) is 24.8 Å². The van der Waals surface area contributed by atoms with Gasteiger partial charge in [-0.3, -0.25) is 0 Å². The van der Waals surface area contributed by atoms with Crippen LogP contribution in [0.15, 0.2) is 24.3 Å². The van der Waals surface area contributed by atoms with Gasteiger partial charge in [0.1, 0.15) is 0 Å². The van der Waals surface area contributed by atoms with E-state index in [-0.39, 0.29) is 23.1 Å². The predicted molar refractivity (Wildman–Crippen MR) is 85.5 cm³/mol. The van der Waals surface area contributed by atoms with E-state index in [0.717, 1.165) is 12.0 Å².